The molecule has 20 heavy (non-hydrogen) atoms. The van der Waals surface area contributed by atoms with Gasteiger partial charge in [0, 0.05) is 41.1 Å². The Balaban J connectivity index is -0.000000256. The third-order valence-electron chi connectivity index (χ3n) is 3.33. The van der Waals surface area contributed by atoms with Crippen LogP contribution in [0.2, 0.25) is 0 Å². The second kappa shape index (κ2) is 13.0. The first-order valence-corrected chi connectivity index (χ1v) is 5.83. The zero-order valence-electron chi connectivity index (χ0n) is 10.7. The quantitative estimate of drug-likeness (QED) is 0.577. The molecule has 0 aromatic heterocycles. The van der Waals surface area contributed by atoms with E-state index in [9.17, 15) is 5.11 Å². The Kier molecular flexibility index (Phi) is 18.6. The van der Waals surface area contributed by atoms with Gasteiger partial charge in [-0.1, -0.05) is 36.1 Å². The van der Waals surface area contributed by atoms with Crippen molar-refractivity contribution in [1.82, 2.24) is 0 Å². The summed E-state index contributed by atoms with van der Waals surface area (Å²) in [6.45, 7) is 4.21. The molecule has 0 bridgehead atoms. The van der Waals surface area contributed by atoms with Crippen molar-refractivity contribution in [2.45, 2.75) is 73.8 Å². The van der Waals surface area contributed by atoms with Crippen LogP contribution in [0.25, 0.3) is 0 Å². The predicted molar refractivity (Wildman–Crippen MR) is 87.9 cm³/mol. The largest absolute Gasteiger partial charge is 0.393 e. The molecule has 1 fully saturated rings. The van der Waals surface area contributed by atoms with Crippen molar-refractivity contribution in [1.29, 1.82) is 0 Å². The molecule has 1 aliphatic rings. The maximum absolute atomic E-state index is 9.48. The molecule has 1 N–H and O–H groups in total. The van der Waals surface area contributed by atoms with Crippen LogP contribution in [0.5, 0.6) is 0 Å². The normalized spacial score (nSPS) is 19.9. The summed E-state index contributed by atoms with van der Waals surface area (Å²) in [5.74, 6) is 0.653. The molecular weight excluding hydrogens is 320 g/mol. The molecule has 0 saturated heterocycles. The van der Waals surface area contributed by atoms with E-state index < -0.39 is 0 Å². The van der Waals surface area contributed by atoms with E-state index in [1.165, 1.54) is 16.7 Å². The number of aliphatic hydroxyl groups excluding tert-OH is 1. The molecule has 1 nitrogen and oxygen atoms in total. The Morgan fingerprint density at radius 1 is 0.950 bits per heavy atom. The van der Waals surface area contributed by atoms with Crippen molar-refractivity contribution in [3.63, 3.8) is 0 Å². The molecule has 4 radical (unpaired) electrons. The van der Waals surface area contributed by atoms with E-state index in [-0.39, 0.29) is 69.5 Å². The van der Waals surface area contributed by atoms with Crippen LogP contribution in [0.4, 0.5) is 0 Å². The molecule has 1 aromatic rings. The maximum Gasteiger partial charge on any atom is 0.0540 e. The van der Waals surface area contributed by atoms with E-state index in [2.05, 4.69) is 32.0 Å². The topological polar surface area (TPSA) is 20.2 Å². The van der Waals surface area contributed by atoms with Crippen molar-refractivity contribution in [2.24, 2.45) is 0 Å². The van der Waals surface area contributed by atoms with E-state index in [0.29, 0.717) is 5.92 Å². The summed E-state index contributed by atoms with van der Waals surface area (Å²) in [5, 5.41) is 9.48. The van der Waals surface area contributed by atoms with Crippen molar-refractivity contribution in [3.8, 4) is 0 Å². The number of hydrogen-bond acceptors (Lipinski definition) is 1. The summed E-state index contributed by atoms with van der Waals surface area (Å²) in [6.07, 6.45) is 4.12. The van der Waals surface area contributed by atoms with E-state index in [0.717, 1.165) is 25.7 Å². The smallest absolute Gasteiger partial charge is 0.0540 e. The molecule has 3 heteroatoms. The van der Waals surface area contributed by atoms with Gasteiger partial charge < -0.3 is 5.11 Å². The third-order valence-corrected chi connectivity index (χ3v) is 3.33. The Morgan fingerprint density at radius 2 is 1.35 bits per heavy atom. The number of hydrogen-bond donors (Lipinski definition) is 1. The predicted octanol–water partition coefficient (Wildman–Crippen LogP) is 4.65. The van der Waals surface area contributed by atoms with Crippen LogP contribution >= 0.6 is 0 Å². The summed E-state index contributed by atoms with van der Waals surface area (Å²) in [7, 11) is 0. The number of benzene rings is 1. The average Bonchev–Trinajstić information content (AvgIpc) is 2.17. The van der Waals surface area contributed by atoms with Gasteiger partial charge in [-0.2, -0.15) is 34.9 Å². The zero-order valence-corrected chi connectivity index (χ0v) is 13.6. The van der Waals surface area contributed by atoms with Crippen LogP contribution in [-0.2, 0) is 32.7 Å². The molecule has 1 saturated carbocycles. The van der Waals surface area contributed by atoms with Gasteiger partial charge in [0.15, 0.2) is 0 Å². The van der Waals surface area contributed by atoms with Crippen molar-refractivity contribution in [3.05, 3.63) is 34.9 Å². The van der Waals surface area contributed by atoms with Crippen LogP contribution < -0.4 is 0 Å². The van der Waals surface area contributed by atoms with E-state index >= 15 is 0 Å². The van der Waals surface area contributed by atoms with Crippen LogP contribution in [0.3, 0.4) is 0 Å². The van der Waals surface area contributed by atoms with Crippen LogP contribution in [0.1, 0.15) is 70.6 Å². The van der Waals surface area contributed by atoms with Crippen molar-refractivity contribution in [2.75, 3.05) is 0 Å². The number of aryl methyl sites for hydroxylation is 2. The van der Waals surface area contributed by atoms with Crippen LogP contribution in [-0.4, -0.2) is 19.6 Å². The van der Waals surface area contributed by atoms with E-state index in [1.807, 2.05) is 0 Å². The van der Waals surface area contributed by atoms with E-state index in [1.54, 1.807) is 0 Å². The second-order valence-electron chi connectivity index (χ2n) is 4.79. The fourth-order valence-corrected chi connectivity index (χ4v) is 2.57. The summed E-state index contributed by atoms with van der Waals surface area (Å²) < 4.78 is 0. The minimum atomic E-state index is -0.0567. The van der Waals surface area contributed by atoms with Gasteiger partial charge in [-0.3, -0.25) is 0 Å². The molecule has 0 heterocycles. The molecule has 0 unspecified atom stereocenters. The summed E-state index contributed by atoms with van der Waals surface area (Å²) in [5.41, 5.74) is 3.91. The Bertz CT molecular complexity index is 327. The minimum absolute atomic E-state index is 0. The standard InChI is InChI=1S/C14H19O.3CH4.B.Y/c1-10-7-11(2)9-13(8-10)12-3-5-14(15)6-4-12;;;;;/h8-9,12,14-15H,3-6H2,1-2H3;3*1H4;;/q-1;;;;;. The first kappa shape index (κ1) is 28.5. The third kappa shape index (κ3) is 7.95. The van der Waals surface area contributed by atoms with Gasteiger partial charge in [0.1, 0.15) is 0 Å². The molecule has 2 rings (SSSR count). The molecule has 0 amide bonds. The fourth-order valence-electron chi connectivity index (χ4n) is 2.57. The first-order valence-electron chi connectivity index (χ1n) is 5.83. The molecule has 0 atom stereocenters. The van der Waals surface area contributed by atoms with Gasteiger partial charge in [0.25, 0.3) is 0 Å². The Hall–Kier alpha value is 0.349. The van der Waals surface area contributed by atoms with E-state index in [4.69, 9.17) is 0 Å². The van der Waals surface area contributed by atoms with Crippen molar-refractivity contribution < 1.29 is 37.8 Å². The molecule has 112 valence electrons. The number of rotatable bonds is 1. The molecule has 0 spiro atoms. The Labute approximate surface area is 154 Å². The number of aliphatic hydroxyl groups is 1. The van der Waals surface area contributed by atoms with Gasteiger partial charge >= 0.3 is 0 Å². The summed E-state index contributed by atoms with van der Waals surface area (Å²) >= 11 is 0. The first-order chi connectivity index (χ1) is 7.15. The van der Waals surface area contributed by atoms with Gasteiger partial charge in [-0.25, -0.2) is 0 Å². The fraction of sp³-hybridized carbons (Fsp3) is 0.647. The summed E-state index contributed by atoms with van der Waals surface area (Å²) in [4.78, 5) is 0. The molecular formula is C17H31BOY-. The van der Waals surface area contributed by atoms with Crippen LogP contribution in [0.15, 0.2) is 12.1 Å². The maximum atomic E-state index is 9.48. The Morgan fingerprint density at radius 3 is 1.75 bits per heavy atom. The second-order valence-corrected chi connectivity index (χ2v) is 4.79. The van der Waals surface area contributed by atoms with Crippen LogP contribution in [0, 0.1) is 19.9 Å². The minimum Gasteiger partial charge on any atom is -0.393 e. The van der Waals surface area contributed by atoms with Gasteiger partial charge in [0.05, 0.1) is 6.10 Å². The van der Waals surface area contributed by atoms with Gasteiger partial charge in [-0.05, 0) is 31.6 Å². The van der Waals surface area contributed by atoms with Gasteiger partial charge in [-0.15, -0.1) is 0 Å². The zero-order chi connectivity index (χ0) is 10.8. The average molecular weight is 351 g/mol. The SMILES string of the molecule is C.C.C.Cc1[c-]c(C)cc(C2CCC(O)CC2)c1.[B].[Y]. The van der Waals surface area contributed by atoms with Gasteiger partial charge in [0.2, 0.25) is 0 Å². The summed E-state index contributed by atoms with van der Waals surface area (Å²) in [6, 6.07) is 7.80. The molecule has 0 aliphatic heterocycles. The molecule has 1 aromatic carbocycles. The monoisotopic (exact) mass is 351 g/mol. The van der Waals surface area contributed by atoms with Crippen molar-refractivity contribution >= 4 is 8.41 Å². The molecule has 1 aliphatic carbocycles.